The van der Waals surface area contributed by atoms with Crippen LogP contribution in [0.25, 0.3) is 0 Å². The molecule has 0 fully saturated rings. The first kappa shape index (κ1) is 15.6. The number of aryl methyl sites for hydroxylation is 1. The highest BCUT2D eigenvalue weighted by Gasteiger charge is 2.24. The van der Waals surface area contributed by atoms with E-state index in [9.17, 15) is 4.79 Å². The summed E-state index contributed by atoms with van der Waals surface area (Å²) in [5, 5.41) is 3.07. The van der Waals surface area contributed by atoms with Crippen molar-refractivity contribution in [1.29, 1.82) is 0 Å². The Balaban J connectivity index is 1.30. The van der Waals surface area contributed by atoms with Crippen molar-refractivity contribution in [2.24, 2.45) is 5.92 Å². The Morgan fingerprint density at radius 1 is 1.16 bits per heavy atom. The number of nitrogens with one attached hydrogen (secondary N) is 1. The molecular weight excluding hydrogens is 314 g/mol. The summed E-state index contributed by atoms with van der Waals surface area (Å²) < 4.78 is 4.16. The molecule has 3 aromatic rings. The molecule has 25 heavy (non-hydrogen) atoms. The zero-order valence-electron chi connectivity index (χ0n) is 14.0. The first-order valence-electron chi connectivity index (χ1n) is 8.58. The lowest BCUT2D eigenvalue weighted by Crippen LogP contribution is -2.34. The van der Waals surface area contributed by atoms with Crippen molar-refractivity contribution < 1.29 is 4.79 Å². The third-order valence-electron chi connectivity index (χ3n) is 4.76. The molecule has 0 radical (unpaired) electrons. The maximum absolute atomic E-state index is 12.4. The molecule has 1 aliphatic rings. The van der Waals surface area contributed by atoms with Crippen LogP contribution in [0.1, 0.15) is 23.2 Å². The number of imidazole rings is 2. The molecule has 0 aliphatic carbocycles. The summed E-state index contributed by atoms with van der Waals surface area (Å²) in [6.45, 7) is 2.25. The molecule has 1 amide bonds. The van der Waals surface area contributed by atoms with Gasteiger partial charge in [-0.15, -0.1) is 0 Å². The van der Waals surface area contributed by atoms with Crippen LogP contribution in [0.4, 0.5) is 0 Å². The predicted molar refractivity (Wildman–Crippen MR) is 93.7 cm³/mol. The van der Waals surface area contributed by atoms with Gasteiger partial charge in [0, 0.05) is 56.3 Å². The van der Waals surface area contributed by atoms with Gasteiger partial charge in [-0.1, -0.05) is 24.3 Å². The number of hydrogen-bond donors (Lipinski definition) is 1. The second kappa shape index (κ2) is 6.93. The zero-order valence-corrected chi connectivity index (χ0v) is 14.0. The highest BCUT2D eigenvalue weighted by molar-refractivity contribution is 5.79. The summed E-state index contributed by atoms with van der Waals surface area (Å²) >= 11 is 0. The van der Waals surface area contributed by atoms with E-state index in [4.69, 9.17) is 0 Å². The van der Waals surface area contributed by atoms with Gasteiger partial charge in [0.05, 0.1) is 12.7 Å². The Bertz CT molecular complexity index is 835. The summed E-state index contributed by atoms with van der Waals surface area (Å²) in [7, 11) is 0. The van der Waals surface area contributed by atoms with Crippen molar-refractivity contribution in [3.63, 3.8) is 0 Å². The lowest BCUT2D eigenvalue weighted by atomic mass is 9.95. The molecule has 2 aromatic heterocycles. The highest BCUT2D eigenvalue weighted by atomic mass is 16.1. The van der Waals surface area contributed by atoms with Gasteiger partial charge in [-0.25, -0.2) is 9.97 Å². The molecule has 4 rings (SSSR count). The van der Waals surface area contributed by atoms with Crippen LogP contribution in [0.2, 0.25) is 0 Å². The minimum absolute atomic E-state index is 0.0460. The predicted octanol–water partition coefficient (Wildman–Crippen LogP) is 2.01. The largest absolute Gasteiger partial charge is 0.352 e. The van der Waals surface area contributed by atoms with Crippen LogP contribution in [0.5, 0.6) is 0 Å². The monoisotopic (exact) mass is 335 g/mol. The Hall–Kier alpha value is -2.89. The second-order valence-corrected chi connectivity index (χ2v) is 6.54. The molecular formula is C19H21N5O. The number of hydrogen-bond acceptors (Lipinski definition) is 3. The topological polar surface area (TPSA) is 64.7 Å². The molecule has 0 unspecified atom stereocenters. The van der Waals surface area contributed by atoms with Crippen LogP contribution in [0.3, 0.4) is 0 Å². The zero-order chi connectivity index (χ0) is 17.1. The first-order valence-corrected chi connectivity index (χ1v) is 8.58. The van der Waals surface area contributed by atoms with Crippen molar-refractivity contribution in [1.82, 2.24) is 24.4 Å². The van der Waals surface area contributed by atoms with Crippen LogP contribution in [-0.4, -0.2) is 25.0 Å². The molecule has 1 atom stereocenters. The smallest absolute Gasteiger partial charge is 0.223 e. The van der Waals surface area contributed by atoms with Gasteiger partial charge in [0.1, 0.15) is 0 Å². The van der Waals surface area contributed by atoms with Crippen molar-refractivity contribution in [2.45, 2.75) is 32.5 Å². The van der Waals surface area contributed by atoms with Crippen LogP contribution in [0, 0.1) is 5.92 Å². The van der Waals surface area contributed by atoms with E-state index in [1.165, 1.54) is 5.56 Å². The van der Waals surface area contributed by atoms with Crippen molar-refractivity contribution in [3.8, 4) is 0 Å². The summed E-state index contributed by atoms with van der Waals surface area (Å²) in [5.74, 6) is 0.180. The van der Waals surface area contributed by atoms with E-state index in [0.29, 0.717) is 6.54 Å². The lowest BCUT2D eigenvalue weighted by molar-refractivity contribution is -0.125. The molecule has 1 N–H and O–H groups in total. The number of fused-ring (bicyclic) bond motifs is 1. The molecule has 0 bridgehead atoms. The lowest BCUT2D eigenvalue weighted by Gasteiger charge is -2.23. The van der Waals surface area contributed by atoms with Crippen LogP contribution >= 0.6 is 0 Å². The maximum atomic E-state index is 12.4. The molecule has 0 spiro atoms. The van der Waals surface area contributed by atoms with Gasteiger partial charge in [0.25, 0.3) is 0 Å². The van der Waals surface area contributed by atoms with Crippen LogP contribution < -0.4 is 5.32 Å². The number of rotatable bonds is 5. The van der Waals surface area contributed by atoms with E-state index >= 15 is 0 Å². The van der Waals surface area contributed by atoms with Gasteiger partial charge in [0.2, 0.25) is 5.91 Å². The molecule has 0 saturated carbocycles. The number of aromatic nitrogens is 4. The molecule has 0 saturated heterocycles. The summed E-state index contributed by atoms with van der Waals surface area (Å²) in [5.41, 5.74) is 3.48. The number of nitrogens with zero attached hydrogens (tertiary/aromatic N) is 4. The van der Waals surface area contributed by atoms with E-state index in [1.54, 1.807) is 6.20 Å². The van der Waals surface area contributed by atoms with E-state index in [2.05, 4.69) is 44.1 Å². The summed E-state index contributed by atoms with van der Waals surface area (Å²) in [4.78, 5) is 20.6. The molecule has 128 valence electrons. The van der Waals surface area contributed by atoms with Crippen LogP contribution in [-0.2, 0) is 30.8 Å². The van der Waals surface area contributed by atoms with E-state index in [1.807, 2.05) is 29.6 Å². The van der Waals surface area contributed by atoms with Gasteiger partial charge in [0.15, 0.2) is 0 Å². The third-order valence-corrected chi connectivity index (χ3v) is 4.76. The van der Waals surface area contributed by atoms with Gasteiger partial charge >= 0.3 is 0 Å². The Morgan fingerprint density at radius 3 is 2.80 bits per heavy atom. The quantitative estimate of drug-likeness (QED) is 0.776. The standard InChI is InChI=1S/C19H21N5O/c25-19(17-5-7-24-14-21-11-18(24)9-17)22-10-15-1-3-16(4-2-15)12-23-8-6-20-13-23/h1-4,6,8,11,13-14,17H,5,7,9-10,12H2,(H,22,25)/t17-/m1/s1. The van der Waals surface area contributed by atoms with E-state index < -0.39 is 0 Å². The molecule has 3 heterocycles. The fourth-order valence-electron chi connectivity index (χ4n) is 3.28. The fraction of sp³-hybridized carbons (Fsp3) is 0.316. The SMILES string of the molecule is O=C(NCc1ccc(Cn2ccnc2)cc1)[C@@H]1CCn2cncc2C1. The minimum Gasteiger partial charge on any atom is -0.352 e. The Kier molecular flexibility index (Phi) is 4.33. The number of amides is 1. The van der Waals surface area contributed by atoms with E-state index in [-0.39, 0.29) is 11.8 Å². The van der Waals surface area contributed by atoms with Gasteiger partial charge < -0.3 is 14.5 Å². The summed E-state index contributed by atoms with van der Waals surface area (Å²) in [6.07, 6.45) is 10.9. The number of carbonyl (C=O) groups excluding carboxylic acids is 1. The average molecular weight is 335 g/mol. The molecule has 1 aromatic carbocycles. The molecule has 6 nitrogen and oxygen atoms in total. The third kappa shape index (κ3) is 3.63. The Labute approximate surface area is 146 Å². The normalized spacial score (nSPS) is 16.4. The molecule has 6 heteroatoms. The van der Waals surface area contributed by atoms with Crippen molar-refractivity contribution >= 4 is 5.91 Å². The number of benzene rings is 1. The first-order chi connectivity index (χ1) is 12.3. The maximum Gasteiger partial charge on any atom is 0.223 e. The Morgan fingerprint density at radius 2 is 2.00 bits per heavy atom. The van der Waals surface area contributed by atoms with E-state index in [0.717, 1.165) is 37.2 Å². The van der Waals surface area contributed by atoms with Gasteiger partial charge in [-0.05, 0) is 17.5 Å². The minimum atomic E-state index is 0.0460. The second-order valence-electron chi connectivity index (χ2n) is 6.54. The van der Waals surface area contributed by atoms with Crippen LogP contribution in [0.15, 0.2) is 55.5 Å². The summed E-state index contributed by atoms with van der Waals surface area (Å²) in [6, 6.07) is 8.34. The average Bonchev–Trinajstić information content (AvgIpc) is 3.31. The van der Waals surface area contributed by atoms with Crippen molar-refractivity contribution in [3.05, 3.63) is 72.3 Å². The number of carbonyl (C=O) groups is 1. The molecule has 1 aliphatic heterocycles. The van der Waals surface area contributed by atoms with Gasteiger partial charge in [-0.2, -0.15) is 0 Å². The van der Waals surface area contributed by atoms with Gasteiger partial charge in [-0.3, -0.25) is 4.79 Å². The highest BCUT2D eigenvalue weighted by Crippen LogP contribution is 2.20. The van der Waals surface area contributed by atoms with Crippen molar-refractivity contribution in [2.75, 3.05) is 0 Å². The fourth-order valence-corrected chi connectivity index (χ4v) is 3.28.